The number of hydrogen-bond donors (Lipinski definition) is 2. The summed E-state index contributed by atoms with van der Waals surface area (Å²) in [6.45, 7) is 0. The number of H-pyrrole nitrogens is 1. The smallest absolute Gasteiger partial charge is 0.0470 e. The van der Waals surface area contributed by atoms with E-state index in [1.165, 1.54) is 28.6 Å². The van der Waals surface area contributed by atoms with E-state index in [4.69, 9.17) is 5.73 Å². The molecule has 2 aromatic rings. The zero-order chi connectivity index (χ0) is 10.4. The maximum absolute atomic E-state index is 6.16. The van der Waals surface area contributed by atoms with E-state index in [0.717, 1.165) is 17.3 Å². The van der Waals surface area contributed by atoms with Crippen LogP contribution in [-0.2, 0) is 6.42 Å². The minimum atomic E-state index is 0.212. The molecule has 15 heavy (non-hydrogen) atoms. The van der Waals surface area contributed by atoms with Crippen molar-refractivity contribution in [1.29, 1.82) is 0 Å². The third kappa shape index (κ3) is 1.42. The average molecular weight is 265 g/mol. The van der Waals surface area contributed by atoms with Gasteiger partial charge in [-0.2, -0.15) is 0 Å². The third-order valence-corrected chi connectivity index (χ3v) is 3.69. The number of nitrogens with two attached hydrogens (primary N) is 1. The molecule has 1 atom stereocenters. The predicted molar refractivity (Wildman–Crippen MR) is 65.9 cm³/mol. The molecule has 0 bridgehead atoms. The minimum absolute atomic E-state index is 0.212. The zero-order valence-electron chi connectivity index (χ0n) is 8.39. The first-order chi connectivity index (χ1) is 7.25. The van der Waals surface area contributed by atoms with Gasteiger partial charge in [0.25, 0.3) is 0 Å². The lowest BCUT2D eigenvalue weighted by Crippen LogP contribution is -2.16. The molecule has 1 aliphatic rings. The number of aromatic amines is 1. The van der Waals surface area contributed by atoms with Gasteiger partial charge in [0.2, 0.25) is 0 Å². The van der Waals surface area contributed by atoms with Crippen LogP contribution < -0.4 is 5.73 Å². The molecule has 0 amide bonds. The van der Waals surface area contributed by atoms with Crippen molar-refractivity contribution in [1.82, 2.24) is 4.98 Å². The predicted octanol–water partition coefficient (Wildman–Crippen LogP) is 3.27. The van der Waals surface area contributed by atoms with Crippen LogP contribution in [-0.4, -0.2) is 4.98 Å². The number of nitrogens with one attached hydrogen (secondary N) is 1. The number of halogens is 1. The number of aryl methyl sites for hydroxylation is 1. The van der Waals surface area contributed by atoms with Crippen molar-refractivity contribution in [2.45, 2.75) is 25.3 Å². The van der Waals surface area contributed by atoms with Gasteiger partial charge in [-0.25, -0.2) is 0 Å². The van der Waals surface area contributed by atoms with Crippen molar-refractivity contribution in [2.24, 2.45) is 5.73 Å². The summed E-state index contributed by atoms with van der Waals surface area (Å²) < 4.78 is 1.11. The van der Waals surface area contributed by atoms with Gasteiger partial charge < -0.3 is 10.7 Å². The summed E-state index contributed by atoms with van der Waals surface area (Å²) in [5.41, 5.74) is 10.0. The Hall–Kier alpha value is -0.800. The highest BCUT2D eigenvalue weighted by atomic mass is 79.9. The molecule has 0 fully saturated rings. The first-order valence-electron chi connectivity index (χ1n) is 5.31. The molecular formula is C12H13BrN2. The molecule has 1 aliphatic carbocycles. The molecule has 1 heterocycles. The molecule has 0 saturated heterocycles. The van der Waals surface area contributed by atoms with Crippen LogP contribution in [0, 0.1) is 0 Å². The number of aromatic nitrogens is 1. The van der Waals surface area contributed by atoms with E-state index < -0.39 is 0 Å². The van der Waals surface area contributed by atoms with Crippen LogP contribution in [0.2, 0.25) is 0 Å². The fraction of sp³-hybridized carbons (Fsp3) is 0.333. The van der Waals surface area contributed by atoms with Crippen LogP contribution >= 0.6 is 15.9 Å². The molecule has 78 valence electrons. The fourth-order valence-electron chi connectivity index (χ4n) is 2.51. The Morgan fingerprint density at radius 2 is 2.27 bits per heavy atom. The quantitative estimate of drug-likeness (QED) is 0.754. The zero-order valence-corrected chi connectivity index (χ0v) is 9.97. The van der Waals surface area contributed by atoms with E-state index in [0.29, 0.717) is 0 Å². The Bertz CT molecular complexity index is 516. The van der Waals surface area contributed by atoms with Crippen molar-refractivity contribution < 1.29 is 0 Å². The molecule has 3 heteroatoms. The van der Waals surface area contributed by atoms with Crippen molar-refractivity contribution in [3.05, 3.63) is 33.9 Å². The highest BCUT2D eigenvalue weighted by molar-refractivity contribution is 9.10. The van der Waals surface area contributed by atoms with Gasteiger partial charge in [-0.05, 0) is 37.0 Å². The fourth-order valence-corrected chi connectivity index (χ4v) is 2.87. The number of benzene rings is 1. The van der Waals surface area contributed by atoms with E-state index in [2.05, 4.69) is 39.1 Å². The largest absolute Gasteiger partial charge is 0.358 e. The van der Waals surface area contributed by atoms with Gasteiger partial charge in [0, 0.05) is 27.1 Å². The maximum atomic E-state index is 6.16. The SMILES string of the molecule is NC1CCCc2[nH]c3cc(Br)ccc3c21. The molecule has 0 saturated carbocycles. The molecule has 1 aromatic carbocycles. The van der Waals surface area contributed by atoms with E-state index in [9.17, 15) is 0 Å². The molecule has 3 N–H and O–H groups in total. The van der Waals surface area contributed by atoms with Gasteiger partial charge in [-0.15, -0.1) is 0 Å². The first-order valence-corrected chi connectivity index (χ1v) is 6.10. The summed E-state index contributed by atoms with van der Waals surface area (Å²) in [6.07, 6.45) is 3.44. The van der Waals surface area contributed by atoms with Gasteiger partial charge in [0.05, 0.1) is 0 Å². The summed E-state index contributed by atoms with van der Waals surface area (Å²) >= 11 is 3.49. The second-order valence-electron chi connectivity index (χ2n) is 4.21. The van der Waals surface area contributed by atoms with Crippen LogP contribution in [0.3, 0.4) is 0 Å². The first kappa shape index (κ1) is 9.43. The Morgan fingerprint density at radius 3 is 3.13 bits per heavy atom. The summed E-state index contributed by atoms with van der Waals surface area (Å²) in [6, 6.07) is 6.57. The summed E-state index contributed by atoms with van der Waals surface area (Å²) in [4.78, 5) is 3.48. The van der Waals surface area contributed by atoms with Gasteiger partial charge in [0.15, 0.2) is 0 Å². The Balaban J connectivity index is 2.32. The molecule has 0 radical (unpaired) electrons. The van der Waals surface area contributed by atoms with Gasteiger partial charge in [-0.1, -0.05) is 22.0 Å². The lowest BCUT2D eigenvalue weighted by molar-refractivity contribution is 0.569. The molecule has 2 nitrogen and oxygen atoms in total. The average Bonchev–Trinajstić information content (AvgIpc) is 2.56. The maximum Gasteiger partial charge on any atom is 0.0470 e. The Labute approximate surface area is 97.0 Å². The van der Waals surface area contributed by atoms with E-state index in [1.54, 1.807) is 0 Å². The molecule has 1 unspecified atom stereocenters. The standard InChI is InChI=1S/C12H13BrN2/c13-7-4-5-8-11(6-7)15-10-3-1-2-9(14)12(8)10/h4-6,9,15H,1-3,14H2. The normalized spacial score (nSPS) is 20.5. The second kappa shape index (κ2) is 3.35. The highest BCUT2D eigenvalue weighted by Crippen LogP contribution is 2.35. The van der Waals surface area contributed by atoms with E-state index in [1.807, 2.05) is 0 Å². The highest BCUT2D eigenvalue weighted by Gasteiger charge is 2.21. The number of hydrogen-bond acceptors (Lipinski definition) is 1. The van der Waals surface area contributed by atoms with Crippen molar-refractivity contribution in [2.75, 3.05) is 0 Å². The number of rotatable bonds is 0. The van der Waals surface area contributed by atoms with E-state index >= 15 is 0 Å². The molecule has 1 aromatic heterocycles. The van der Waals surface area contributed by atoms with Gasteiger partial charge in [-0.3, -0.25) is 0 Å². The molecular weight excluding hydrogens is 252 g/mol. The topological polar surface area (TPSA) is 41.8 Å². The minimum Gasteiger partial charge on any atom is -0.358 e. The van der Waals surface area contributed by atoms with Crippen LogP contribution in [0.5, 0.6) is 0 Å². The lowest BCUT2D eigenvalue weighted by Gasteiger charge is -2.18. The van der Waals surface area contributed by atoms with Gasteiger partial charge >= 0.3 is 0 Å². The van der Waals surface area contributed by atoms with E-state index in [-0.39, 0.29) is 6.04 Å². The monoisotopic (exact) mass is 264 g/mol. The van der Waals surface area contributed by atoms with Crippen molar-refractivity contribution >= 4 is 26.8 Å². The van der Waals surface area contributed by atoms with Crippen LogP contribution in [0.4, 0.5) is 0 Å². The van der Waals surface area contributed by atoms with Crippen LogP contribution in [0.1, 0.15) is 30.1 Å². The third-order valence-electron chi connectivity index (χ3n) is 3.20. The number of fused-ring (bicyclic) bond motifs is 3. The second-order valence-corrected chi connectivity index (χ2v) is 5.12. The molecule has 3 rings (SSSR count). The van der Waals surface area contributed by atoms with Crippen molar-refractivity contribution in [3.8, 4) is 0 Å². The van der Waals surface area contributed by atoms with Crippen LogP contribution in [0.25, 0.3) is 10.9 Å². The Morgan fingerprint density at radius 1 is 1.40 bits per heavy atom. The summed E-state index contributed by atoms with van der Waals surface area (Å²) in [5, 5.41) is 1.29. The molecule has 0 spiro atoms. The van der Waals surface area contributed by atoms with Crippen LogP contribution in [0.15, 0.2) is 22.7 Å². The van der Waals surface area contributed by atoms with Gasteiger partial charge in [0.1, 0.15) is 0 Å². The molecule has 0 aliphatic heterocycles. The Kier molecular flexibility index (Phi) is 2.11. The van der Waals surface area contributed by atoms with Crippen molar-refractivity contribution in [3.63, 3.8) is 0 Å². The summed E-state index contributed by atoms with van der Waals surface area (Å²) in [7, 11) is 0. The summed E-state index contributed by atoms with van der Waals surface area (Å²) in [5.74, 6) is 0. The lowest BCUT2D eigenvalue weighted by atomic mass is 9.91.